The minimum atomic E-state index is -0.135. The highest BCUT2D eigenvalue weighted by atomic mass is 35.5. The molecule has 1 heterocycles. The molecule has 0 saturated carbocycles. The minimum absolute atomic E-state index is 0.135. The second kappa shape index (κ2) is 2.94. The molecule has 0 aliphatic carbocycles. The van der Waals surface area contributed by atoms with Gasteiger partial charge in [0.1, 0.15) is 0 Å². The molecule has 1 aromatic rings. The Morgan fingerprint density at radius 1 is 1.90 bits per heavy atom. The number of carbonyl (C=O) groups is 1. The molecule has 0 aliphatic rings. The molecule has 0 amide bonds. The third-order valence-corrected chi connectivity index (χ3v) is 2.04. The molecule has 1 rings (SSSR count). The van der Waals surface area contributed by atoms with Gasteiger partial charge in [-0.15, -0.1) is 0 Å². The third kappa shape index (κ3) is 1.43. The minimum Gasteiger partial charge on any atom is -0.288 e. The summed E-state index contributed by atoms with van der Waals surface area (Å²) in [6.45, 7) is 3.33. The van der Waals surface area contributed by atoms with Gasteiger partial charge in [0.2, 0.25) is 0 Å². The van der Waals surface area contributed by atoms with Gasteiger partial charge in [0, 0.05) is 0 Å². The van der Waals surface area contributed by atoms with E-state index in [2.05, 4.69) is 11.6 Å². The number of carbonyl (C=O) groups excluding carboxylic acids is 1. The number of halogens is 1. The molecule has 0 fully saturated rings. The highest BCUT2D eigenvalue weighted by molar-refractivity contribution is 7.17. The van der Waals surface area contributed by atoms with Crippen molar-refractivity contribution >= 4 is 28.7 Å². The van der Waals surface area contributed by atoms with Gasteiger partial charge in [-0.3, -0.25) is 4.79 Å². The number of nitrogens with zero attached hydrogens (tertiary/aromatic N) is 1. The van der Waals surface area contributed by atoms with Crippen molar-refractivity contribution in [2.24, 2.45) is 0 Å². The summed E-state index contributed by atoms with van der Waals surface area (Å²) in [7, 11) is 0. The van der Waals surface area contributed by atoms with Crippen LogP contribution in [0.3, 0.4) is 0 Å². The molecule has 10 heavy (non-hydrogen) atoms. The molecule has 0 N–H and O–H groups in total. The Morgan fingerprint density at radius 2 is 2.60 bits per heavy atom. The van der Waals surface area contributed by atoms with Crippen LogP contribution in [0.1, 0.15) is 9.67 Å². The second-order valence-corrected chi connectivity index (χ2v) is 3.16. The van der Waals surface area contributed by atoms with Crippen LogP contribution < -0.4 is 0 Å². The van der Waals surface area contributed by atoms with Crippen molar-refractivity contribution in [2.75, 3.05) is 0 Å². The van der Waals surface area contributed by atoms with Gasteiger partial charge in [0.05, 0.1) is 11.1 Å². The molecule has 0 unspecified atom stereocenters. The first-order chi connectivity index (χ1) is 4.74. The monoisotopic (exact) mass is 173 g/mol. The van der Waals surface area contributed by atoms with Crippen LogP contribution in [-0.2, 0) is 0 Å². The largest absolute Gasteiger partial charge is 0.288 e. The molecule has 0 bridgehead atoms. The number of aromatic nitrogens is 1. The number of rotatable bonds is 2. The van der Waals surface area contributed by atoms with Gasteiger partial charge in [0.25, 0.3) is 0 Å². The van der Waals surface area contributed by atoms with Crippen molar-refractivity contribution in [2.45, 2.75) is 0 Å². The Bertz CT molecular complexity index is 268. The van der Waals surface area contributed by atoms with Crippen molar-refractivity contribution < 1.29 is 4.79 Å². The molecule has 0 aromatic carbocycles. The predicted octanol–water partition coefficient (Wildman–Crippen LogP) is 2.17. The lowest BCUT2D eigenvalue weighted by atomic mass is 10.3. The average Bonchev–Trinajstić information content (AvgIpc) is 2.34. The van der Waals surface area contributed by atoms with Crippen molar-refractivity contribution in [3.8, 4) is 0 Å². The molecule has 0 atom stereocenters. The van der Waals surface area contributed by atoms with Gasteiger partial charge in [-0.05, 0) is 6.08 Å². The first-order valence-corrected chi connectivity index (χ1v) is 3.71. The second-order valence-electron chi connectivity index (χ2n) is 1.55. The summed E-state index contributed by atoms with van der Waals surface area (Å²) in [5, 5.41) is 0. The summed E-state index contributed by atoms with van der Waals surface area (Å²) in [6, 6.07) is 0. The van der Waals surface area contributed by atoms with E-state index in [1.807, 2.05) is 0 Å². The van der Waals surface area contributed by atoms with E-state index >= 15 is 0 Å². The summed E-state index contributed by atoms with van der Waals surface area (Å²) in [5.41, 5.74) is 0. The molecule has 0 spiro atoms. The molecule has 0 saturated heterocycles. The maximum atomic E-state index is 10.8. The van der Waals surface area contributed by atoms with Crippen LogP contribution in [0.15, 0.2) is 18.9 Å². The van der Waals surface area contributed by atoms with Gasteiger partial charge in [-0.1, -0.05) is 29.5 Å². The molecular weight excluding hydrogens is 170 g/mol. The lowest BCUT2D eigenvalue weighted by Gasteiger charge is -1.80. The summed E-state index contributed by atoms with van der Waals surface area (Å²) in [5.74, 6) is -0.135. The smallest absolute Gasteiger partial charge is 0.196 e. The SMILES string of the molecule is C=CC(=O)c1cnc(Cl)s1. The number of hydrogen-bond acceptors (Lipinski definition) is 3. The molecule has 0 radical (unpaired) electrons. The van der Waals surface area contributed by atoms with Crippen LogP contribution in [0.4, 0.5) is 0 Å². The van der Waals surface area contributed by atoms with Crippen LogP contribution in [0.25, 0.3) is 0 Å². The average molecular weight is 174 g/mol. The van der Waals surface area contributed by atoms with Crippen molar-refractivity contribution in [3.63, 3.8) is 0 Å². The number of allylic oxidation sites excluding steroid dienone is 1. The fraction of sp³-hybridized carbons (Fsp3) is 0. The maximum absolute atomic E-state index is 10.8. The zero-order valence-electron chi connectivity index (χ0n) is 5.00. The van der Waals surface area contributed by atoms with E-state index in [0.29, 0.717) is 9.34 Å². The van der Waals surface area contributed by atoms with E-state index in [1.165, 1.54) is 12.3 Å². The highest BCUT2D eigenvalue weighted by Gasteiger charge is 2.04. The van der Waals surface area contributed by atoms with E-state index in [0.717, 1.165) is 11.3 Å². The fourth-order valence-electron chi connectivity index (χ4n) is 0.467. The Hall–Kier alpha value is -0.670. The Morgan fingerprint density at radius 3 is 3.00 bits per heavy atom. The Kier molecular flexibility index (Phi) is 2.19. The quantitative estimate of drug-likeness (QED) is 0.507. The van der Waals surface area contributed by atoms with Gasteiger partial charge in [-0.25, -0.2) is 4.98 Å². The number of hydrogen-bond donors (Lipinski definition) is 0. The van der Waals surface area contributed by atoms with Crippen LogP contribution in [0.2, 0.25) is 4.47 Å². The number of ketones is 1. The maximum Gasteiger partial charge on any atom is 0.196 e. The molecular formula is C6H4ClNOS. The Labute approximate surface area is 67.2 Å². The summed E-state index contributed by atoms with van der Waals surface area (Å²) in [4.78, 5) is 15.0. The molecule has 0 aliphatic heterocycles. The molecule has 52 valence electrons. The van der Waals surface area contributed by atoms with Crippen LogP contribution in [-0.4, -0.2) is 10.8 Å². The van der Waals surface area contributed by atoms with Crippen molar-refractivity contribution in [3.05, 3.63) is 28.2 Å². The van der Waals surface area contributed by atoms with Gasteiger partial charge in [0.15, 0.2) is 10.3 Å². The van der Waals surface area contributed by atoms with Gasteiger partial charge in [-0.2, -0.15) is 0 Å². The zero-order valence-corrected chi connectivity index (χ0v) is 6.58. The van der Waals surface area contributed by atoms with E-state index in [-0.39, 0.29) is 5.78 Å². The summed E-state index contributed by atoms with van der Waals surface area (Å²) in [6.07, 6.45) is 2.68. The standard InChI is InChI=1S/C6H4ClNOS/c1-2-4(9)5-3-8-6(7)10-5/h2-3H,1H2. The van der Waals surface area contributed by atoms with E-state index < -0.39 is 0 Å². The normalized spacial score (nSPS) is 9.30. The lowest BCUT2D eigenvalue weighted by Crippen LogP contribution is -1.86. The van der Waals surface area contributed by atoms with E-state index in [1.54, 1.807) is 0 Å². The lowest BCUT2D eigenvalue weighted by molar-refractivity contribution is 0.105. The first-order valence-electron chi connectivity index (χ1n) is 2.52. The highest BCUT2D eigenvalue weighted by Crippen LogP contribution is 2.17. The molecule has 4 heteroatoms. The van der Waals surface area contributed by atoms with E-state index in [9.17, 15) is 4.79 Å². The van der Waals surface area contributed by atoms with Gasteiger partial charge >= 0.3 is 0 Å². The topological polar surface area (TPSA) is 30.0 Å². The summed E-state index contributed by atoms with van der Waals surface area (Å²) < 4.78 is 0.380. The van der Waals surface area contributed by atoms with E-state index in [4.69, 9.17) is 11.6 Å². The molecule has 2 nitrogen and oxygen atoms in total. The first kappa shape index (κ1) is 7.44. The number of thiazole rings is 1. The zero-order chi connectivity index (χ0) is 7.56. The summed E-state index contributed by atoms with van der Waals surface area (Å²) >= 11 is 6.64. The molecule has 1 aromatic heterocycles. The van der Waals surface area contributed by atoms with Crippen LogP contribution in [0.5, 0.6) is 0 Å². The van der Waals surface area contributed by atoms with Crippen LogP contribution in [0, 0.1) is 0 Å². The van der Waals surface area contributed by atoms with Crippen molar-refractivity contribution in [1.29, 1.82) is 0 Å². The third-order valence-electron chi connectivity index (χ3n) is 0.906. The Balaban J connectivity index is 2.95. The van der Waals surface area contributed by atoms with Crippen LogP contribution >= 0.6 is 22.9 Å². The van der Waals surface area contributed by atoms with Gasteiger partial charge < -0.3 is 0 Å². The predicted molar refractivity (Wildman–Crippen MR) is 41.7 cm³/mol. The van der Waals surface area contributed by atoms with Crippen molar-refractivity contribution in [1.82, 2.24) is 4.98 Å². The fourth-order valence-corrected chi connectivity index (χ4v) is 1.34.